The van der Waals surface area contributed by atoms with Gasteiger partial charge in [-0.3, -0.25) is 5.10 Å². The van der Waals surface area contributed by atoms with Gasteiger partial charge < -0.3 is 10.3 Å². The summed E-state index contributed by atoms with van der Waals surface area (Å²) in [7, 11) is 0. The molecule has 14 heavy (non-hydrogen) atoms. The predicted molar refractivity (Wildman–Crippen MR) is 52.5 cm³/mol. The number of aryl methyl sites for hydroxylation is 1. The Balaban J connectivity index is 1.81. The predicted octanol–water partition coefficient (Wildman–Crippen LogP) is 0.731. The average molecular weight is 191 g/mol. The van der Waals surface area contributed by atoms with Crippen LogP contribution in [0.5, 0.6) is 0 Å². The van der Waals surface area contributed by atoms with Gasteiger partial charge in [-0.25, -0.2) is 4.98 Å². The third kappa shape index (κ3) is 2.00. The van der Waals surface area contributed by atoms with Gasteiger partial charge in [-0.15, -0.1) is 0 Å². The van der Waals surface area contributed by atoms with Gasteiger partial charge in [0, 0.05) is 30.7 Å². The number of nitrogens with one attached hydrogen (secondary N) is 3. The number of H-pyrrole nitrogens is 2. The summed E-state index contributed by atoms with van der Waals surface area (Å²) in [6, 6.07) is 1.95. The van der Waals surface area contributed by atoms with E-state index < -0.39 is 0 Å². The molecule has 0 aliphatic heterocycles. The minimum absolute atomic E-state index is 0.772. The molecule has 0 saturated carbocycles. The summed E-state index contributed by atoms with van der Waals surface area (Å²) in [6.45, 7) is 3.57. The Bertz CT molecular complexity index is 376. The van der Waals surface area contributed by atoms with Crippen LogP contribution in [0.4, 0.5) is 0 Å². The molecule has 0 fully saturated rings. The van der Waals surface area contributed by atoms with Gasteiger partial charge >= 0.3 is 0 Å². The topological polar surface area (TPSA) is 69.4 Å². The van der Waals surface area contributed by atoms with Crippen molar-refractivity contribution in [3.63, 3.8) is 0 Å². The van der Waals surface area contributed by atoms with Crippen molar-refractivity contribution < 1.29 is 0 Å². The maximum absolute atomic E-state index is 4.19. The lowest BCUT2D eigenvalue weighted by molar-refractivity contribution is 0.665. The number of nitrogens with zero attached hydrogens (tertiary/aromatic N) is 2. The van der Waals surface area contributed by atoms with E-state index in [1.54, 1.807) is 12.5 Å². The van der Waals surface area contributed by atoms with Crippen molar-refractivity contribution in [2.24, 2.45) is 0 Å². The zero-order valence-corrected chi connectivity index (χ0v) is 8.04. The zero-order valence-electron chi connectivity index (χ0n) is 8.04. The van der Waals surface area contributed by atoms with Crippen LogP contribution in [0, 0.1) is 6.92 Å². The number of hydrogen-bond acceptors (Lipinski definition) is 3. The Kier molecular flexibility index (Phi) is 2.60. The summed E-state index contributed by atoms with van der Waals surface area (Å²) in [5, 5.41) is 10.0. The van der Waals surface area contributed by atoms with E-state index in [0.29, 0.717) is 0 Å². The maximum atomic E-state index is 4.19. The van der Waals surface area contributed by atoms with Gasteiger partial charge in [0.25, 0.3) is 0 Å². The normalized spacial score (nSPS) is 10.6. The van der Waals surface area contributed by atoms with Gasteiger partial charge in [0.15, 0.2) is 0 Å². The van der Waals surface area contributed by atoms with Crippen LogP contribution < -0.4 is 5.32 Å². The lowest BCUT2D eigenvalue weighted by Crippen LogP contribution is -2.13. The van der Waals surface area contributed by atoms with Crippen molar-refractivity contribution in [3.05, 3.63) is 35.7 Å². The van der Waals surface area contributed by atoms with E-state index in [-0.39, 0.29) is 0 Å². The third-order valence-corrected chi connectivity index (χ3v) is 2.10. The van der Waals surface area contributed by atoms with Crippen LogP contribution in [0.1, 0.15) is 17.1 Å². The van der Waals surface area contributed by atoms with Crippen molar-refractivity contribution >= 4 is 0 Å². The molecule has 3 N–H and O–H groups in total. The van der Waals surface area contributed by atoms with Crippen LogP contribution in [0.2, 0.25) is 0 Å². The summed E-state index contributed by atoms with van der Waals surface area (Å²) in [5.74, 6) is 0. The highest BCUT2D eigenvalue weighted by atomic mass is 15.1. The van der Waals surface area contributed by atoms with E-state index in [1.807, 2.05) is 13.0 Å². The highest BCUT2D eigenvalue weighted by Gasteiger charge is 1.99. The van der Waals surface area contributed by atoms with Gasteiger partial charge in [-0.1, -0.05) is 0 Å². The lowest BCUT2D eigenvalue weighted by atomic mass is 10.3. The maximum Gasteiger partial charge on any atom is 0.0925 e. The highest BCUT2D eigenvalue weighted by Crippen LogP contribution is 1.99. The summed E-state index contributed by atoms with van der Waals surface area (Å²) < 4.78 is 0. The lowest BCUT2D eigenvalue weighted by Gasteiger charge is -2.00. The molecule has 74 valence electrons. The molecule has 0 amide bonds. The zero-order chi connectivity index (χ0) is 9.80. The van der Waals surface area contributed by atoms with Crippen LogP contribution in [0.3, 0.4) is 0 Å². The molecule has 0 aliphatic rings. The van der Waals surface area contributed by atoms with E-state index in [9.17, 15) is 0 Å². The first-order chi connectivity index (χ1) is 6.86. The Morgan fingerprint density at radius 2 is 2.36 bits per heavy atom. The molecule has 0 aromatic carbocycles. The molecule has 2 aromatic rings. The largest absolute Gasteiger partial charge is 0.348 e. The Labute approximate surface area is 82.0 Å². The summed E-state index contributed by atoms with van der Waals surface area (Å²) in [4.78, 5) is 7.23. The van der Waals surface area contributed by atoms with Gasteiger partial charge in [-0.05, 0) is 13.0 Å². The number of aromatic nitrogens is 4. The quantitative estimate of drug-likeness (QED) is 0.667. The van der Waals surface area contributed by atoms with E-state index >= 15 is 0 Å². The monoisotopic (exact) mass is 191 g/mol. The summed E-state index contributed by atoms with van der Waals surface area (Å²) in [6.07, 6.45) is 3.46. The van der Waals surface area contributed by atoms with Crippen molar-refractivity contribution in [2.75, 3.05) is 0 Å². The highest BCUT2D eigenvalue weighted by molar-refractivity contribution is 5.08. The average Bonchev–Trinajstić information content (AvgIpc) is 2.78. The second-order valence-corrected chi connectivity index (χ2v) is 3.16. The molecule has 0 aliphatic carbocycles. The molecule has 2 rings (SSSR count). The third-order valence-electron chi connectivity index (χ3n) is 2.10. The first-order valence-electron chi connectivity index (χ1n) is 4.54. The minimum Gasteiger partial charge on any atom is -0.348 e. The molecular weight excluding hydrogens is 178 g/mol. The van der Waals surface area contributed by atoms with Crippen molar-refractivity contribution in [2.45, 2.75) is 20.0 Å². The second kappa shape index (κ2) is 4.06. The van der Waals surface area contributed by atoms with Gasteiger partial charge in [0.1, 0.15) is 0 Å². The molecule has 0 spiro atoms. The van der Waals surface area contributed by atoms with Gasteiger partial charge in [-0.2, -0.15) is 5.10 Å². The fourth-order valence-electron chi connectivity index (χ4n) is 1.26. The fourth-order valence-corrected chi connectivity index (χ4v) is 1.26. The Hall–Kier alpha value is -1.62. The SMILES string of the molecule is Cc1[nH]cnc1CNCc1ccn[nH]1. The molecule has 5 heteroatoms. The minimum atomic E-state index is 0.772. The number of imidazole rings is 1. The standard InChI is InChI=1S/C9H13N5/c1-7-9(12-6-11-7)5-10-4-8-2-3-13-14-8/h2-3,6,10H,4-5H2,1H3,(H,11,12)(H,13,14). The molecular formula is C9H13N5. The molecule has 2 aromatic heterocycles. The van der Waals surface area contributed by atoms with Crippen LogP contribution in [0.25, 0.3) is 0 Å². The fraction of sp³-hybridized carbons (Fsp3) is 0.333. The molecule has 0 atom stereocenters. The molecule has 0 saturated heterocycles. The molecule has 0 unspecified atom stereocenters. The Morgan fingerprint density at radius 3 is 3.00 bits per heavy atom. The number of rotatable bonds is 4. The van der Waals surface area contributed by atoms with Crippen LogP contribution in [-0.2, 0) is 13.1 Å². The number of hydrogen-bond donors (Lipinski definition) is 3. The van der Waals surface area contributed by atoms with Crippen molar-refractivity contribution in [3.8, 4) is 0 Å². The number of aromatic amines is 2. The van der Waals surface area contributed by atoms with E-state index in [1.165, 1.54) is 0 Å². The van der Waals surface area contributed by atoms with E-state index in [0.717, 1.165) is 30.2 Å². The van der Waals surface area contributed by atoms with Crippen molar-refractivity contribution in [1.82, 2.24) is 25.5 Å². The molecule has 0 radical (unpaired) electrons. The van der Waals surface area contributed by atoms with Gasteiger partial charge in [0.2, 0.25) is 0 Å². The molecule has 0 bridgehead atoms. The van der Waals surface area contributed by atoms with Crippen LogP contribution in [-0.4, -0.2) is 20.2 Å². The Morgan fingerprint density at radius 1 is 1.43 bits per heavy atom. The molecule has 5 nitrogen and oxygen atoms in total. The van der Waals surface area contributed by atoms with E-state index in [4.69, 9.17) is 0 Å². The van der Waals surface area contributed by atoms with Crippen LogP contribution >= 0.6 is 0 Å². The van der Waals surface area contributed by atoms with Crippen molar-refractivity contribution in [1.29, 1.82) is 0 Å². The summed E-state index contributed by atoms with van der Waals surface area (Å²) in [5.41, 5.74) is 3.25. The first kappa shape index (κ1) is 8.96. The summed E-state index contributed by atoms with van der Waals surface area (Å²) >= 11 is 0. The molecule has 2 heterocycles. The van der Waals surface area contributed by atoms with E-state index in [2.05, 4.69) is 25.5 Å². The first-order valence-corrected chi connectivity index (χ1v) is 4.54. The van der Waals surface area contributed by atoms with Gasteiger partial charge in [0.05, 0.1) is 12.0 Å². The smallest absolute Gasteiger partial charge is 0.0925 e. The van der Waals surface area contributed by atoms with Crippen LogP contribution in [0.15, 0.2) is 18.6 Å². The second-order valence-electron chi connectivity index (χ2n) is 3.16.